The molecule has 0 unspecified atom stereocenters. The van der Waals surface area contributed by atoms with Crippen LogP contribution in [0.3, 0.4) is 0 Å². The molecule has 132 valence electrons. The van der Waals surface area contributed by atoms with E-state index in [0.29, 0.717) is 25.9 Å². The molecular formula is C18H23N5O2. The molecule has 2 aromatic rings. The third kappa shape index (κ3) is 3.99. The second-order valence-electron chi connectivity index (χ2n) is 6.40. The molecule has 0 bridgehead atoms. The molecule has 1 aliphatic rings. The molecule has 7 heteroatoms. The minimum absolute atomic E-state index is 0.0989. The number of rotatable bonds is 4. The fraction of sp³-hybridized carbons (Fsp3) is 0.389. The molecule has 7 nitrogen and oxygen atoms in total. The monoisotopic (exact) mass is 341 g/mol. The number of nitrogens with one attached hydrogen (secondary N) is 1. The van der Waals surface area contributed by atoms with Crippen LogP contribution in [-0.2, 0) is 4.79 Å². The van der Waals surface area contributed by atoms with Gasteiger partial charge in [0, 0.05) is 37.1 Å². The van der Waals surface area contributed by atoms with Gasteiger partial charge in [-0.1, -0.05) is 12.1 Å². The highest BCUT2D eigenvalue weighted by atomic mass is 16.2. The summed E-state index contributed by atoms with van der Waals surface area (Å²) < 4.78 is 1.93. The van der Waals surface area contributed by atoms with E-state index in [1.807, 2.05) is 42.0 Å². The van der Waals surface area contributed by atoms with Gasteiger partial charge in [-0.15, -0.1) is 0 Å². The molecule has 0 radical (unpaired) electrons. The molecule has 3 rings (SSSR count). The summed E-state index contributed by atoms with van der Waals surface area (Å²) >= 11 is 0. The number of benzene rings is 1. The van der Waals surface area contributed by atoms with Crippen LogP contribution in [-0.4, -0.2) is 39.5 Å². The fourth-order valence-corrected chi connectivity index (χ4v) is 3.07. The highest BCUT2D eigenvalue weighted by Gasteiger charge is 2.26. The average Bonchev–Trinajstić information content (AvgIpc) is 3.16. The summed E-state index contributed by atoms with van der Waals surface area (Å²) in [6.45, 7) is 3.08. The number of amides is 3. The van der Waals surface area contributed by atoms with Crippen LogP contribution in [0, 0.1) is 5.92 Å². The van der Waals surface area contributed by atoms with Gasteiger partial charge in [0.2, 0.25) is 5.91 Å². The minimum atomic E-state index is -0.272. The lowest BCUT2D eigenvalue weighted by molar-refractivity contribution is -0.123. The minimum Gasteiger partial charge on any atom is -0.369 e. The summed E-state index contributed by atoms with van der Waals surface area (Å²) in [5.41, 5.74) is 7.38. The predicted octanol–water partition coefficient (Wildman–Crippen LogP) is 1.84. The first kappa shape index (κ1) is 17.0. The van der Waals surface area contributed by atoms with Crippen LogP contribution in [0.4, 0.5) is 4.79 Å². The van der Waals surface area contributed by atoms with Crippen LogP contribution >= 0.6 is 0 Å². The lowest BCUT2D eigenvalue weighted by Crippen LogP contribution is -2.46. The van der Waals surface area contributed by atoms with Gasteiger partial charge < -0.3 is 20.5 Å². The largest absolute Gasteiger partial charge is 0.369 e. The Hall–Kier alpha value is -2.83. The Morgan fingerprint density at radius 2 is 1.92 bits per heavy atom. The summed E-state index contributed by atoms with van der Waals surface area (Å²) in [5, 5.41) is 3.02. The van der Waals surface area contributed by atoms with Crippen molar-refractivity contribution in [3.8, 4) is 5.69 Å². The molecule has 1 aliphatic heterocycles. The number of imidazole rings is 1. The highest BCUT2D eigenvalue weighted by Crippen LogP contribution is 2.19. The van der Waals surface area contributed by atoms with Crippen LogP contribution in [0.2, 0.25) is 0 Å². The lowest BCUT2D eigenvalue weighted by atomic mass is 9.96. The van der Waals surface area contributed by atoms with Crippen molar-refractivity contribution >= 4 is 11.9 Å². The van der Waals surface area contributed by atoms with Gasteiger partial charge in [0.1, 0.15) is 0 Å². The Bertz CT molecular complexity index is 718. The Labute approximate surface area is 146 Å². The van der Waals surface area contributed by atoms with E-state index in [2.05, 4.69) is 10.3 Å². The molecule has 0 spiro atoms. The quantitative estimate of drug-likeness (QED) is 0.888. The highest BCUT2D eigenvalue weighted by molar-refractivity contribution is 5.78. The van der Waals surface area contributed by atoms with Gasteiger partial charge in [0.05, 0.1) is 12.4 Å². The second kappa shape index (κ2) is 7.38. The second-order valence-corrected chi connectivity index (χ2v) is 6.40. The molecule has 1 aromatic heterocycles. The van der Waals surface area contributed by atoms with E-state index in [4.69, 9.17) is 5.73 Å². The van der Waals surface area contributed by atoms with Gasteiger partial charge in [0.15, 0.2) is 0 Å². The van der Waals surface area contributed by atoms with E-state index >= 15 is 0 Å². The van der Waals surface area contributed by atoms with Crippen LogP contribution < -0.4 is 11.1 Å². The van der Waals surface area contributed by atoms with Crippen molar-refractivity contribution in [1.29, 1.82) is 0 Å². The van der Waals surface area contributed by atoms with Crippen LogP contribution in [0.25, 0.3) is 5.69 Å². The number of carbonyl (C=O) groups excluding carboxylic acids is 2. The standard InChI is InChI=1S/C18H23N5O2/c1-13(14-2-4-16(5-3-14)23-11-8-20-12-23)21-18(25)22-9-6-15(7-10-22)17(19)24/h2-5,8,11-13,15H,6-7,9-10H2,1H3,(H2,19,24)(H,21,25)/t13-/m1/s1. The lowest BCUT2D eigenvalue weighted by Gasteiger charge is -2.31. The van der Waals surface area contributed by atoms with Crippen molar-refractivity contribution in [2.75, 3.05) is 13.1 Å². The zero-order valence-electron chi connectivity index (χ0n) is 14.3. The molecule has 2 heterocycles. The van der Waals surface area contributed by atoms with E-state index in [9.17, 15) is 9.59 Å². The Kier molecular flexibility index (Phi) is 5.02. The summed E-state index contributed by atoms with van der Waals surface area (Å²) in [5.74, 6) is -0.386. The van der Waals surface area contributed by atoms with Crippen molar-refractivity contribution in [2.45, 2.75) is 25.8 Å². The fourth-order valence-electron chi connectivity index (χ4n) is 3.07. The van der Waals surface area contributed by atoms with Gasteiger partial charge >= 0.3 is 6.03 Å². The SMILES string of the molecule is C[C@@H](NC(=O)N1CCC(C(N)=O)CC1)c1ccc(-n2ccnc2)cc1. The van der Waals surface area contributed by atoms with E-state index < -0.39 is 0 Å². The van der Waals surface area contributed by atoms with Gasteiger partial charge in [0.25, 0.3) is 0 Å². The number of nitrogens with zero attached hydrogens (tertiary/aromatic N) is 3. The number of aromatic nitrogens is 2. The molecular weight excluding hydrogens is 318 g/mol. The van der Waals surface area contributed by atoms with E-state index in [1.165, 1.54) is 0 Å². The van der Waals surface area contributed by atoms with E-state index in [-0.39, 0.29) is 23.9 Å². The molecule has 3 N–H and O–H groups in total. The van der Waals surface area contributed by atoms with Crippen molar-refractivity contribution in [3.63, 3.8) is 0 Å². The number of likely N-dealkylation sites (tertiary alicyclic amines) is 1. The molecule has 1 fully saturated rings. The molecule has 1 aromatic carbocycles. The van der Waals surface area contributed by atoms with E-state index in [0.717, 1.165) is 11.3 Å². The average molecular weight is 341 g/mol. The van der Waals surface area contributed by atoms with Crippen LogP contribution in [0.5, 0.6) is 0 Å². The predicted molar refractivity (Wildman–Crippen MR) is 94.0 cm³/mol. The van der Waals surface area contributed by atoms with Gasteiger partial charge in [-0.2, -0.15) is 0 Å². The molecule has 3 amide bonds. The van der Waals surface area contributed by atoms with Crippen LogP contribution in [0.1, 0.15) is 31.4 Å². The zero-order chi connectivity index (χ0) is 17.8. The summed E-state index contributed by atoms with van der Waals surface area (Å²) in [6, 6.07) is 7.79. The summed E-state index contributed by atoms with van der Waals surface area (Å²) in [7, 11) is 0. The molecule has 0 aliphatic carbocycles. The maximum atomic E-state index is 12.4. The molecule has 1 atom stereocenters. The third-order valence-electron chi connectivity index (χ3n) is 4.72. The number of hydrogen-bond acceptors (Lipinski definition) is 3. The maximum Gasteiger partial charge on any atom is 0.317 e. The van der Waals surface area contributed by atoms with Crippen molar-refractivity contribution < 1.29 is 9.59 Å². The number of urea groups is 1. The first-order valence-corrected chi connectivity index (χ1v) is 8.47. The Morgan fingerprint density at radius 1 is 1.24 bits per heavy atom. The topological polar surface area (TPSA) is 93.3 Å². The molecule has 25 heavy (non-hydrogen) atoms. The summed E-state index contributed by atoms with van der Waals surface area (Å²) in [4.78, 5) is 29.4. The number of primary amides is 1. The first-order chi connectivity index (χ1) is 12.0. The smallest absolute Gasteiger partial charge is 0.317 e. The van der Waals surface area contributed by atoms with Gasteiger partial charge in [-0.05, 0) is 37.5 Å². The normalized spacial score (nSPS) is 16.4. The Morgan fingerprint density at radius 3 is 2.48 bits per heavy atom. The molecule has 0 saturated carbocycles. The van der Waals surface area contributed by atoms with Crippen LogP contribution in [0.15, 0.2) is 43.0 Å². The van der Waals surface area contributed by atoms with Crippen molar-refractivity contribution in [2.24, 2.45) is 11.7 Å². The van der Waals surface area contributed by atoms with Gasteiger partial charge in [-0.25, -0.2) is 9.78 Å². The van der Waals surface area contributed by atoms with Crippen molar-refractivity contribution in [1.82, 2.24) is 19.8 Å². The van der Waals surface area contributed by atoms with E-state index in [1.54, 1.807) is 17.4 Å². The Balaban J connectivity index is 1.56. The third-order valence-corrected chi connectivity index (χ3v) is 4.72. The number of hydrogen-bond donors (Lipinski definition) is 2. The maximum absolute atomic E-state index is 12.4. The van der Waals surface area contributed by atoms with Gasteiger partial charge in [-0.3, -0.25) is 4.79 Å². The molecule has 1 saturated heterocycles. The zero-order valence-corrected chi connectivity index (χ0v) is 14.3. The number of piperidine rings is 1. The first-order valence-electron chi connectivity index (χ1n) is 8.47. The number of nitrogens with two attached hydrogens (primary N) is 1. The summed E-state index contributed by atoms with van der Waals surface area (Å²) in [6.07, 6.45) is 6.64. The number of carbonyl (C=O) groups is 2. The van der Waals surface area contributed by atoms with Crippen molar-refractivity contribution in [3.05, 3.63) is 48.5 Å².